The summed E-state index contributed by atoms with van der Waals surface area (Å²) in [6.45, 7) is 7.91. The van der Waals surface area contributed by atoms with E-state index in [0.29, 0.717) is 0 Å². The van der Waals surface area contributed by atoms with Gasteiger partial charge in [0.05, 0.1) is 17.6 Å². The molecule has 2 heterocycles. The first kappa shape index (κ1) is 17.9. The van der Waals surface area contributed by atoms with Gasteiger partial charge in [0, 0.05) is 12.5 Å². The fourth-order valence-corrected chi connectivity index (χ4v) is 3.68. The largest absolute Gasteiger partial charge is 0.369 e. The molecule has 1 aromatic heterocycles. The highest BCUT2D eigenvalue weighted by molar-refractivity contribution is 5.76. The van der Waals surface area contributed by atoms with E-state index in [-0.39, 0.29) is 11.8 Å². The summed E-state index contributed by atoms with van der Waals surface area (Å²) in [5.41, 5.74) is 7.66. The van der Waals surface area contributed by atoms with E-state index >= 15 is 0 Å². The van der Waals surface area contributed by atoms with Crippen molar-refractivity contribution < 1.29 is 4.79 Å². The van der Waals surface area contributed by atoms with Crippen LogP contribution >= 0.6 is 0 Å². The highest BCUT2D eigenvalue weighted by Gasteiger charge is 2.22. The molecule has 0 radical (unpaired) electrons. The molecule has 1 amide bonds. The van der Waals surface area contributed by atoms with Crippen LogP contribution in [0.15, 0.2) is 24.3 Å². The Kier molecular flexibility index (Phi) is 6.04. The minimum Gasteiger partial charge on any atom is -0.369 e. The third-order valence-electron chi connectivity index (χ3n) is 5.15. The Morgan fingerprint density at radius 2 is 2.08 bits per heavy atom. The van der Waals surface area contributed by atoms with E-state index < -0.39 is 0 Å². The van der Waals surface area contributed by atoms with Gasteiger partial charge in [0.1, 0.15) is 5.82 Å². The third kappa shape index (κ3) is 4.38. The number of para-hydroxylation sites is 2. The molecule has 0 bridgehead atoms. The summed E-state index contributed by atoms with van der Waals surface area (Å²) < 4.78 is 2.27. The number of piperidine rings is 1. The summed E-state index contributed by atoms with van der Waals surface area (Å²) in [5, 5.41) is 3.52. The van der Waals surface area contributed by atoms with Crippen molar-refractivity contribution in [3.05, 3.63) is 30.1 Å². The molecular formula is C19H29N5O. The summed E-state index contributed by atoms with van der Waals surface area (Å²) >= 11 is 0. The quantitative estimate of drug-likeness (QED) is 0.716. The molecule has 0 aliphatic carbocycles. The van der Waals surface area contributed by atoms with Gasteiger partial charge < -0.3 is 20.5 Å². The number of hydrogen-bond donors (Lipinski definition) is 2. The number of fused-ring (bicyclic) bond motifs is 1. The van der Waals surface area contributed by atoms with E-state index in [9.17, 15) is 4.79 Å². The number of nitrogens with one attached hydrogen (secondary N) is 1. The molecule has 1 aliphatic rings. The number of likely N-dealkylation sites (tertiary alicyclic amines) is 1. The van der Waals surface area contributed by atoms with Gasteiger partial charge in [0.2, 0.25) is 5.91 Å². The van der Waals surface area contributed by atoms with Crippen molar-refractivity contribution in [3.63, 3.8) is 0 Å². The number of aryl methyl sites for hydroxylation is 1. The van der Waals surface area contributed by atoms with Crippen molar-refractivity contribution in [2.45, 2.75) is 39.3 Å². The van der Waals surface area contributed by atoms with E-state index in [1.54, 1.807) is 0 Å². The van der Waals surface area contributed by atoms with Crippen LogP contribution in [0, 0.1) is 5.92 Å². The van der Waals surface area contributed by atoms with Crippen molar-refractivity contribution in [1.82, 2.24) is 19.8 Å². The summed E-state index contributed by atoms with van der Waals surface area (Å²) in [6, 6.07) is 8.30. The van der Waals surface area contributed by atoms with Crippen molar-refractivity contribution in [1.29, 1.82) is 0 Å². The van der Waals surface area contributed by atoms with Crippen LogP contribution in [0.25, 0.3) is 11.0 Å². The predicted octanol–water partition coefficient (Wildman–Crippen LogP) is 1.73. The Morgan fingerprint density at radius 1 is 1.32 bits per heavy atom. The normalized spacial score (nSPS) is 16.5. The molecule has 6 heteroatoms. The molecule has 1 fully saturated rings. The van der Waals surface area contributed by atoms with Gasteiger partial charge in [-0.1, -0.05) is 12.1 Å². The SMILES string of the molecule is CCn1c(CNCCCN2CCC(C(N)=O)CC2)nc2ccccc21. The average Bonchev–Trinajstić information content (AvgIpc) is 2.99. The predicted molar refractivity (Wildman–Crippen MR) is 100 cm³/mol. The molecule has 3 N–H and O–H groups in total. The minimum absolute atomic E-state index is 0.0800. The lowest BCUT2D eigenvalue weighted by Crippen LogP contribution is -2.39. The van der Waals surface area contributed by atoms with Crippen LogP contribution in [0.3, 0.4) is 0 Å². The van der Waals surface area contributed by atoms with Gasteiger partial charge in [-0.15, -0.1) is 0 Å². The average molecular weight is 343 g/mol. The number of amides is 1. The lowest BCUT2D eigenvalue weighted by Gasteiger charge is -2.30. The molecule has 0 spiro atoms. The fourth-order valence-electron chi connectivity index (χ4n) is 3.68. The Hall–Kier alpha value is -1.92. The molecule has 25 heavy (non-hydrogen) atoms. The number of nitrogens with zero attached hydrogens (tertiary/aromatic N) is 3. The molecule has 0 saturated carbocycles. The maximum atomic E-state index is 11.2. The van der Waals surface area contributed by atoms with Crippen LogP contribution in [0.2, 0.25) is 0 Å². The second kappa shape index (κ2) is 8.45. The highest BCUT2D eigenvalue weighted by atomic mass is 16.1. The zero-order valence-corrected chi connectivity index (χ0v) is 15.1. The van der Waals surface area contributed by atoms with Crippen LogP contribution in [0.5, 0.6) is 0 Å². The van der Waals surface area contributed by atoms with Crippen molar-refractivity contribution in [2.24, 2.45) is 11.7 Å². The van der Waals surface area contributed by atoms with Gasteiger partial charge in [-0.3, -0.25) is 4.79 Å². The van der Waals surface area contributed by atoms with E-state index in [1.807, 2.05) is 6.07 Å². The Labute approximate surface area is 149 Å². The first-order valence-electron chi connectivity index (χ1n) is 9.35. The van der Waals surface area contributed by atoms with Crippen LogP contribution in [-0.2, 0) is 17.9 Å². The van der Waals surface area contributed by atoms with E-state index in [4.69, 9.17) is 10.7 Å². The molecule has 0 unspecified atom stereocenters. The molecule has 1 saturated heterocycles. The number of hydrogen-bond acceptors (Lipinski definition) is 4. The van der Waals surface area contributed by atoms with Gasteiger partial charge >= 0.3 is 0 Å². The van der Waals surface area contributed by atoms with E-state index in [1.165, 1.54) is 5.52 Å². The summed E-state index contributed by atoms with van der Waals surface area (Å²) in [7, 11) is 0. The van der Waals surface area contributed by atoms with E-state index in [0.717, 1.165) is 69.9 Å². The molecule has 0 atom stereocenters. The summed E-state index contributed by atoms with van der Waals surface area (Å²) in [4.78, 5) is 18.4. The number of primary amides is 1. The Morgan fingerprint density at radius 3 is 2.80 bits per heavy atom. The Bertz CT molecular complexity index is 703. The number of aromatic nitrogens is 2. The third-order valence-corrected chi connectivity index (χ3v) is 5.15. The first-order valence-corrected chi connectivity index (χ1v) is 9.35. The lowest BCUT2D eigenvalue weighted by molar-refractivity contribution is -0.123. The maximum absolute atomic E-state index is 11.2. The van der Waals surface area contributed by atoms with Gasteiger partial charge in [-0.25, -0.2) is 4.98 Å². The number of imidazole rings is 1. The molecule has 1 aliphatic heterocycles. The summed E-state index contributed by atoms with van der Waals surface area (Å²) in [6.07, 6.45) is 2.92. The van der Waals surface area contributed by atoms with Crippen molar-refractivity contribution >= 4 is 16.9 Å². The lowest BCUT2D eigenvalue weighted by atomic mass is 9.96. The standard InChI is InChI=1S/C19H29N5O/c1-2-24-17-7-4-3-6-16(17)22-18(24)14-21-10-5-11-23-12-8-15(9-13-23)19(20)25/h3-4,6-7,15,21H,2,5,8-14H2,1H3,(H2,20,25). The van der Waals surface area contributed by atoms with Crippen LogP contribution in [0.1, 0.15) is 32.0 Å². The van der Waals surface area contributed by atoms with Gasteiger partial charge in [0.25, 0.3) is 0 Å². The number of carbonyl (C=O) groups excluding carboxylic acids is 1. The van der Waals surface area contributed by atoms with Gasteiger partial charge in [-0.2, -0.15) is 0 Å². The van der Waals surface area contributed by atoms with Crippen molar-refractivity contribution in [2.75, 3.05) is 26.2 Å². The van der Waals surface area contributed by atoms with Gasteiger partial charge in [-0.05, 0) is 64.5 Å². The zero-order chi connectivity index (χ0) is 17.6. The smallest absolute Gasteiger partial charge is 0.220 e. The second-order valence-electron chi connectivity index (χ2n) is 6.81. The number of carbonyl (C=O) groups is 1. The fraction of sp³-hybridized carbons (Fsp3) is 0.579. The van der Waals surface area contributed by atoms with Gasteiger partial charge in [0.15, 0.2) is 0 Å². The molecule has 3 rings (SSSR count). The first-order chi connectivity index (χ1) is 12.2. The number of nitrogens with two attached hydrogens (primary N) is 1. The molecule has 6 nitrogen and oxygen atoms in total. The topological polar surface area (TPSA) is 76.2 Å². The highest BCUT2D eigenvalue weighted by Crippen LogP contribution is 2.17. The second-order valence-corrected chi connectivity index (χ2v) is 6.81. The maximum Gasteiger partial charge on any atom is 0.220 e. The van der Waals surface area contributed by atoms with Crippen LogP contribution in [0.4, 0.5) is 0 Å². The molecular weight excluding hydrogens is 314 g/mol. The van der Waals surface area contributed by atoms with Crippen LogP contribution in [-0.4, -0.2) is 46.5 Å². The molecule has 136 valence electrons. The summed E-state index contributed by atoms with van der Waals surface area (Å²) in [5.74, 6) is 1.04. The molecule has 2 aromatic rings. The Balaban J connectivity index is 1.40. The number of rotatable bonds is 8. The van der Waals surface area contributed by atoms with Crippen molar-refractivity contribution in [3.8, 4) is 0 Å². The molecule has 1 aromatic carbocycles. The zero-order valence-electron chi connectivity index (χ0n) is 15.1. The van der Waals surface area contributed by atoms with Crippen LogP contribution < -0.4 is 11.1 Å². The number of benzene rings is 1. The van der Waals surface area contributed by atoms with E-state index in [2.05, 4.69) is 39.9 Å². The monoisotopic (exact) mass is 343 g/mol. The minimum atomic E-state index is -0.139.